The molecule has 14 heavy (non-hydrogen) atoms. The molecular formula is C11H13NO2. The lowest BCUT2D eigenvalue weighted by atomic mass is 10.0. The third-order valence-electron chi connectivity index (χ3n) is 2.53. The highest BCUT2D eigenvalue weighted by atomic mass is 16.5. The van der Waals surface area contributed by atoms with E-state index in [1.807, 2.05) is 6.07 Å². The van der Waals surface area contributed by atoms with Crippen LogP contribution in [0.4, 0.5) is 5.69 Å². The number of rotatable bonds is 2. The number of carbonyl (C=O) groups is 1. The lowest BCUT2D eigenvalue weighted by Gasteiger charge is -2.06. The summed E-state index contributed by atoms with van der Waals surface area (Å²) in [6.07, 6.45) is 2.35. The maximum atomic E-state index is 11.3. The summed E-state index contributed by atoms with van der Waals surface area (Å²) >= 11 is 0. The van der Waals surface area contributed by atoms with E-state index in [0.29, 0.717) is 11.5 Å². The van der Waals surface area contributed by atoms with Crippen LogP contribution in [0.3, 0.4) is 0 Å². The van der Waals surface area contributed by atoms with Gasteiger partial charge in [0, 0.05) is 5.69 Å². The number of methoxy groups -OCH3 is 1. The lowest BCUT2D eigenvalue weighted by molar-refractivity contribution is 0.0600. The molecule has 1 saturated carbocycles. The zero-order valence-corrected chi connectivity index (χ0v) is 8.12. The van der Waals surface area contributed by atoms with Gasteiger partial charge in [0.25, 0.3) is 0 Å². The van der Waals surface area contributed by atoms with Crippen molar-refractivity contribution in [3.63, 3.8) is 0 Å². The minimum Gasteiger partial charge on any atom is -0.465 e. The molecule has 74 valence electrons. The van der Waals surface area contributed by atoms with Gasteiger partial charge in [-0.15, -0.1) is 0 Å². The Labute approximate surface area is 82.9 Å². The molecule has 0 heterocycles. The van der Waals surface area contributed by atoms with Crippen molar-refractivity contribution in [1.82, 2.24) is 0 Å². The van der Waals surface area contributed by atoms with Crippen LogP contribution in [-0.4, -0.2) is 13.1 Å². The third-order valence-corrected chi connectivity index (χ3v) is 2.53. The van der Waals surface area contributed by atoms with Gasteiger partial charge in [0.05, 0.1) is 12.7 Å². The Balaban J connectivity index is 2.35. The smallest absolute Gasteiger partial charge is 0.337 e. The molecule has 1 aromatic rings. The first-order valence-corrected chi connectivity index (χ1v) is 4.70. The summed E-state index contributed by atoms with van der Waals surface area (Å²) in [4.78, 5) is 11.3. The molecule has 0 saturated heterocycles. The molecule has 1 aliphatic rings. The van der Waals surface area contributed by atoms with Crippen LogP contribution < -0.4 is 5.73 Å². The minimum absolute atomic E-state index is 0.299. The maximum absolute atomic E-state index is 11.3. The third kappa shape index (κ3) is 1.58. The molecule has 1 aromatic carbocycles. The average molecular weight is 191 g/mol. The van der Waals surface area contributed by atoms with Crippen LogP contribution in [0.5, 0.6) is 0 Å². The van der Waals surface area contributed by atoms with Crippen LogP contribution in [0.15, 0.2) is 18.2 Å². The van der Waals surface area contributed by atoms with Crippen molar-refractivity contribution < 1.29 is 9.53 Å². The van der Waals surface area contributed by atoms with Crippen LogP contribution in [0.1, 0.15) is 34.7 Å². The predicted octanol–water partition coefficient (Wildman–Crippen LogP) is 1.93. The largest absolute Gasteiger partial charge is 0.465 e. The Morgan fingerprint density at radius 2 is 2.21 bits per heavy atom. The van der Waals surface area contributed by atoms with Gasteiger partial charge < -0.3 is 10.5 Å². The van der Waals surface area contributed by atoms with Gasteiger partial charge >= 0.3 is 5.97 Å². The first kappa shape index (κ1) is 9.06. The number of carbonyl (C=O) groups excluding carboxylic acids is 1. The summed E-state index contributed by atoms with van der Waals surface area (Å²) in [6, 6.07) is 5.33. The van der Waals surface area contributed by atoms with Gasteiger partial charge in [-0.2, -0.15) is 0 Å². The highest BCUT2D eigenvalue weighted by Crippen LogP contribution is 2.42. The van der Waals surface area contributed by atoms with Crippen molar-refractivity contribution in [3.05, 3.63) is 29.3 Å². The second-order valence-electron chi connectivity index (χ2n) is 3.61. The molecule has 0 radical (unpaired) electrons. The molecule has 3 nitrogen and oxygen atoms in total. The highest BCUT2D eigenvalue weighted by Gasteiger charge is 2.26. The molecule has 0 aliphatic heterocycles. The van der Waals surface area contributed by atoms with E-state index >= 15 is 0 Å². The predicted molar refractivity (Wildman–Crippen MR) is 54.2 cm³/mol. The fourth-order valence-corrected chi connectivity index (χ4v) is 1.57. The summed E-state index contributed by atoms with van der Waals surface area (Å²) < 4.78 is 4.65. The SMILES string of the molecule is COC(=O)c1ccc(N)c(C2CC2)c1. The maximum Gasteiger partial charge on any atom is 0.337 e. The molecule has 0 aromatic heterocycles. The van der Waals surface area contributed by atoms with Gasteiger partial charge in [-0.3, -0.25) is 0 Å². The van der Waals surface area contributed by atoms with Crippen LogP contribution in [-0.2, 0) is 4.74 Å². The van der Waals surface area contributed by atoms with Gasteiger partial charge in [0.2, 0.25) is 0 Å². The van der Waals surface area contributed by atoms with Crippen LogP contribution in [0.25, 0.3) is 0 Å². The zero-order valence-electron chi connectivity index (χ0n) is 8.12. The van der Waals surface area contributed by atoms with Crippen LogP contribution >= 0.6 is 0 Å². The number of hydrogen-bond donors (Lipinski definition) is 1. The van der Waals surface area contributed by atoms with E-state index in [1.165, 1.54) is 20.0 Å². The summed E-state index contributed by atoms with van der Waals surface area (Å²) in [6.45, 7) is 0. The average Bonchev–Trinajstić information content (AvgIpc) is 3.01. The molecule has 0 spiro atoms. The molecule has 3 heteroatoms. The number of benzene rings is 1. The van der Waals surface area contributed by atoms with E-state index in [0.717, 1.165) is 11.3 Å². The van der Waals surface area contributed by atoms with Crippen molar-refractivity contribution in [2.24, 2.45) is 0 Å². The molecule has 1 aliphatic carbocycles. The normalized spacial score (nSPS) is 15.2. The molecule has 2 rings (SSSR count). The molecule has 0 unspecified atom stereocenters. The minimum atomic E-state index is -0.299. The van der Waals surface area contributed by atoms with Crippen molar-refractivity contribution in [2.75, 3.05) is 12.8 Å². The number of anilines is 1. The quantitative estimate of drug-likeness (QED) is 0.574. The Morgan fingerprint density at radius 3 is 2.79 bits per heavy atom. The van der Waals surface area contributed by atoms with E-state index in [1.54, 1.807) is 12.1 Å². The Bertz CT molecular complexity index is 370. The van der Waals surface area contributed by atoms with Crippen molar-refractivity contribution in [2.45, 2.75) is 18.8 Å². The van der Waals surface area contributed by atoms with E-state index in [9.17, 15) is 4.79 Å². The molecule has 0 amide bonds. The van der Waals surface area contributed by atoms with Gasteiger partial charge in [-0.25, -0.2) is 4.79 Å². The zero-order chi connectivity index (χ0) is 10.1. The van der Waals surface area contributed by atoms with E-state index < -0.39 is 0 Å². The van der Waals surface area contributed by atoms with Crippen molar-refractivity contribution in [3.8, 4) is 0 Å². The summed E-state index contributed by atoms with van der Waals surface area (Å²) in [5.74, 6) is 0.256. The van der Waals surface area contributed by atoms with E-state index in [4.69, 9.17) is 5.73 Å². The van der Waals surface area contributed by atoms with Gasteiger partial charge in [0.1, 0.15) is 0 Å². The molecule has 1 fully saturated rings. The summed E-state index contributed by atoms with van der Waals surface area (Å²) in [5.41, 5.74) is 8.28. The Hall–Kier alpha value is -1.51. The number of hydrogen-bond acceptors (Lipinski definition) is 3. The van der Waals surface area contributed by atoms with E-state index in [-0.39, 0.29) is 5.97 Å². The first-order chi connectivity index (χ1) is 6.72. The number of esters is 1. The van der Waals surface area contributed by atoms with Crippen LogP contribution in [0.2, 0.25) is 0 Å². The van der Waals surface area contributed by atoms with Crippen LogP contribution in [0, 0.1) is 0 Å². The van der Waals surface area contributed by atoms with Gasteiger partial charge in [-0.1, -0.05) is 0 Å². The molecule has 0 atom stereocenters. The van der Waals surface area contributed by atoms with Gasteiger partial charge in [-0.05, 0) is 42.5 Å². The first-order valence-electron chi connectivity index (χ1n) is 4.70. The second-order valence-corrected chi connectivity index (χ2v) is 3.61. The Morgan fingerprint density at radius 1 is 1.50 bits per heavy atom. The fraction of sp³-hybridized carbons (Fsp3) is 0.364. The van der Waals surface area contributed by atoms with Crippen molar-refractivity contribution in [1.29, 1.82) is 0 Å². The van der Waals surface area contributed by atoms with E-state index in [2.05, 4.69) is 4.74 Å². The molecular weight excluding hydrogens is 178 g/mol. The number of nitrogen functional groups attached to an aromatic ring is 1. The second kappa shape index (κ2) is 3.33. The number of nitrogens with two attached hydrogens (primary N) is 1. The standard InChI is InChI=1S/C11H13NO2/c1-14-11(13)8-4-5-10(12)9(6-8)7-2-3-7/h4-7H,2-3,12H2,1H3. The van der Waals surface area contributed by atoms with Crippen molar-refractivity contribution >= 4 is 11.7 Å². The van der Waals surface area contributed by atoms with Gasteiger partial charge in [0.15, 0.2) is 0 Å². The topological polar surface area (TPSA) is 52.3 Å². The molecule has 0 bridgehead atoms. The highest BCUT2D eigenvalue weighted by molar-refractivity contribution is 5.90. The summed E-state index contributed by atoms with van der Waals surface area (Å²) in [7, 11) is 1.38. The monoisotopic (exact) mass is 191 g/mol. The Kier molecular flexibility index (Phi) is 2.15. The lowest BCUT2D eigenvalue weighted by Crippen LogP contribution is -2.03. The number of ether oxygens (including phenoxy) is 1. The fourth-order valence-electron chi connectivity index (χ4n) is 1.57. The molecule has 2 N–H and O–H groups in total. The summed E-state index contributed by atoms with van der Waals surface area (Å²) in [5, 5.41) is 0.